The Morgan fingerprint density at radius 3 is 2.73 bits per heavy atom. The molecule has 0 unspecified atom stereocenters. The van der Waals surface area contributed by atoms with E-state index in [1.807, 2.05) is 0 Å². The molecule has 0 aliphatic carbocycles. The molecule has 3 nitrogen and oxygen atoms in total. The summed E-state index contributed by atoms with van der Waals surface area (Å²) in [4.78, 5) is 10.7. The van der Waals surface area contributed by atoms with Crippen molar-refractivity contribution in [3.8, 4) is 6.07 Å². The van der Waals surface area contributed by atoms with Gasteiger partial charge in [0.25, 0.3) is 0 Å². The van der Waals surface area contributed by atoms with Crippen LogP contribution in [0.2, 0.25) is 0 Å². The Kier molecular flexibility index (Phi) is 2.11. The first-order chi connectivity index (χ1) is 7.22. The maximum atomic E-state index is 10.7. The third-order valence-corrected chi connectivity index (χ3v) is 2.25. The summed E-state index contributed by atoms with van der Waals surface area (Å²) in [6.45, 7) is 0. The maximum absolute atomic E-state index is 10.7. The largest absolute Gasteiger partial charge is 0.478 e. The summed E-state index contributed by atoms with van der Waals surface area (Å²) < 4.78 is 0. The van der Waals surface area contributed by atoms with Gasteiger partial charge in [-0.1, -0.05) is 18.2 Å². The average Bonchev–Trinajstić information content (AvgIpc) is 2.27. The second-order valence-corrected chi connectivity index (χ2v) is 3.16. The van der Waals surface area contributed by atoms with Crippen molar-refractivity contribution >= 4 is 16.7 Å². The lowest BCUT2D eigenvalue weighted by atomic mass is 10.0. The SMILES string of the molecule is N#Cc1cccc2cc(C(=O)O)ccc12. The third kappa shape index (κ3) is 1.53. The molecule has 0 bridgehead atoms. The van der Waals surface area contributed by atoms with Crippen molar-refractivity contribution in [3.05, 3.63) is 47.5 Å². The van der Waals surface area contributed by atoms with Crippen LogP contribution in [0.5, 0.6) is 0 Å². The number of rotatable bonds is 1. The average molecular weight is 197 g/mol. The summed E-state index contributed by atoms with van der Waals surface area (Å²) in [7, 11) is 0. The minimum atomic E-state index is -0.959. The Morgan fingerprint density at radius 1 is 1.27 bits per heavy atom. The molecule has 2 aromatic carbocycles. The van der Waals surface area contributed by atoms with Gasteiger partial charge in [0.2, 0.25) is 0 Å². The summed E-state index contributed by atoms with van der Waals surface area (Å²) in [6, 6.07) is 12.1. The lowest BCUT2D eigenvalue weighted by Gasteiger charge is -2.00. The smallest absolute Gasteiger partial charge is 0.335 e. The molecule has 15 heavy (non-hydrogen) atoms. The molecule has 0 radical (unpaired) electrons. The van der Waals surface area contributed by atoms with Crippen LogP contribution in [0.1, 0.15) is 15.9 Å². The van der Waals surface area contributed by atoms with Crippen molar-refractivity contribution in [2.75, 3.05) is 0 Å². The Balaban J connectivity index is 2.76. The lowest BCUT2D eigenvalue weighted by molar-refractivity contribution is 0.0697. The van der Waals surface area contributed by atoms with E-state index in [0.717, 1.165) is 10.8 Å². The van der Waals surface area contributed by atoms with Crippen LogP contribution in [-0.2, 0) is 0 Å². The van der Waals surface area contributed by atoms with Gasteiger partial charge in [-0.3, -0.25) is 0 Å². The van der Waals surface area contributed by atoms with E-state index in [-0.39, 0.29) is 5.56 Å². The highest BCUT2D eigenvalue weighted by atomic mass is 16.4. The van der Waals surface area contributed by atoms with Gasteiger partial charge in [-0.2, -0.15) is 5.26 Å². The fourth-order valence-corrected chi connectivity index (χ4v) is 1.51. The predicted octanol–water partition coefficient (Wildman–Crippen LogP) is 2.41. The van der Waals surface area contributed by atoms with E-state index in [2.05, 4.69) is 6.07 Å². The number of carboxylic acid groups (broad SMARTS) is 1. The molecular weight excluding hydrogens is 190 g/mol. The van der Waals surface area contributed by atoms with Crippen molar-refractivity contribution in [3.63, 3.8) is 0 Å². The van der Waals surface area contributed by atoms with Crippen LogP contribution < -0.4 is 0 Å². The standard InChI is InChI=1S/C12H7NO2/c13-7-10-3-1-2-8-6-9(12(14)15)4-5-11(8)10/h1-6H,(H,14,15). The zero-order chi connectivity index (χ0) is 10.8. The molecule has 2 rings (SSSR count). The van der Waals surface area contributed by atoms with Gasteiger partial charge < -0.3 is 5.11 Å². The highest BCUT2D eigenvalue weighted by molar-refractivity contribution is 5.96. The van der Waals surface area contributed by atoms with Gasteiger partial charge in [-0.25, -0.2) is 4.79 Å². The first-order valence-corrected chi connectivity index (χ1v) is 4.38. The number of fused-ring (bicyclic) bond motifs is 1. The van der Waals surface area contributed by atoms with Crippen molar-refractivity contribution in [1.29, 1.82) is 5.26 Å². The van der Waals surface area contributed by atoms with E-state index >= 15 is 0 Å². The molecule has 0 spiro atoms. The van der Waals surface area contributed by atoms with E-state index in [0.29, 0.717) is 5.56 Å². The minimum Gasteiger partial charge on any atom is -0.478 e. The fourth-order valence-electron chi connectivity index (χ4n) is 1.51. The molecule has 0 saturated heterocycles. The van der Waals surface area contributed by atoms with Crippen LogP contribution >= 0.6 is 0 Å². The third-order valence-electron chi connectivity index (χ3n) is 2.25. The molecule has 0 amide bonds. The van der Waals surface area contributed by atoms with E-state index < -0.39 is 5.97 Å². The second-order valence-electron chi connectivity index (χ2n) is 3.16. The monoisotopic (exact) mass is 197 g/mol. The van der Waals surface area contributed by atoms with Crippen molar-refractivity contribution in [1.82, 2.24) is 0 Å². The number of hydrogen-bond acceptors (Lipinski definition) is 2. The number of nitriles is 1. The molecule has 0 aliphatic heterocycles. The molecule has 0 heterocycles. The van der Waals surface area contributed by atoms with Gasteiger partial charge in [-0.05, 0) is 29.0 Å². The van der Waals surface area contributed by atoms with Crippen LogP contribution in [0, 0.1) is 11.3 Å². The Labute approximate surface area is 86.2 Å². The topological polar surface area (TPSA) is 61.1 Å². The van der Waals surface area contributed by atoms with Gasteiger partial charge in [0.15, 0.2) is 0 Å². The highest BCUT2D eigenvalue weighted by Gasteiger charge is 2.05. The fraction of sp³-hybridized carbons (Fsp3) is 0. The van der Waals surface area contributed by atoms with Gasteiger partial charge in [0.1, 0.15) is 0 Å². The maximum Gasteiger partial charge on any atom is 0.335 e. The quantitative estimate of drug-likeness (QED) is 0.763. The van der Waals surface area contributed by atoms with E-state index in [1.54, 1.807) is 30.3 Å². The van der Waals surface area contributed by atoms with Crippen LogP contribution in [0.15, 0.2) is 36.4 Å². The van der Waals surface area contributed by atoms with Crippen LogP contribution in [-0.4, -0.2) is 11.1 Å². The molecule has 0 fully saturated rings. The van der Waals surface area contributed by atoms with E-state index in [1.165, 1.54) is 6.07 Å². The van der Waals surface area contributed by atoms with Gasteiger partial charge in [0.05, 0.1) is 17.2 Å². The van der Waals surface area contributed by atoms with Crippen molar-refractivity contribution in [2.45, 2.75) is 0 Å². The number of carboxylic acids is 1. The molecule has 2 aromatic rings. The number of nitrogens with zero attached hydrogens (tertiary/aromatic N) is 1. The van der Waals surface area contributed by atoms with Gasteiger partial charge in [-0.15, -0.1) is 0 Å². The zero-order valence-corrected chi connectivity index (χ0v) is 7.77. The summed E-state index contributed by atoms with van der Waals surface area (Å²) in [5.41, 5.74) is 0.794. The number of hydrogen-bond donors (Lipinski definition) is 1. The molecule has 0 aromatic heterocycles. The van der Waals surface area contributed by atoms with Crippen molar-refractivity contribution < 1.29 is 9.90 Å². The van der Waals surface area contributed by atoms with Crippen LogP contribution in [0.25, 0.3) is 10.8 Å². The number of aromatic carboxylic acids is 1. The van der Waals surface area contributed by atoms with E-state index in [9.17, 15) is 4.79 Å². The van der Waals surface area contributed by atoms with Crippen LogP contribution in [0.4, 0.5) is 0 Å². The number of benzene rings is 2. The Bertz CT molecular complexity index is 582. The molecule has 0 aliphatic rings. The minimum absolute atomic E-state index is 0.234. The molecular formula is C12H7NO2. The Hall–Kier alpha value is -2.34. The summed E-state index contributed by atoms with van der Waals surface area (Å²) in [5.74, 6) is -0.959. The zero-order valence-electron chi connectivity index (χ0n) is 7.77. The molecule has 72 valence electrons. The molecule has 0 saturated carbocycles. The Morgan fingerprint density at radius 2 is 2.07 bits per heavy atom. The molecule has 0 atom stereocenters. The van der Waals surface area contributed by atoms with E-state index in [4.69, 9.17) is 10.4 Å². The molecule has 1 N–H and O–H groups in total. The first-order valence-electron chi connectivity index (χ1n) is 4.38. The van der Waals surface area contributed by atoms with Crippen LogP contribution in [0.3, 0.4) is 0 Å². The van der Waals surface area contributed by atoms with Crippen molar-refractivity contribution in [2.24, 2.45) is 0 Å². The predicted molar refractivity (Wildman–Crippen MR) is 55.6 cm³/mol. The van der Waals surface area contributed by atoms with Gasteiger partial charge >= 0.3 is 5.97 Å². The summed E-state index contributed by atoms with van der Waals surface area (Å²) >= 11 is 0. The normalized spacial score (nSPS) is 9.80. The lowest BCUT2D eigenvalue weighted by Crippen LogP contribution is -1.95. The number of carbonyl (C=O) groups is 1. The summed E-state index contributed by atoms with van der Waals surface area (Å²) in [6.07, 6.45) is 0. The summed E-state index contributed by atoms with van der Waals surface area (Å²) in [5, 5.41) is 19.2. The van der Waals surface area contributed by atoms with Gasteiger partial charge in [0, 0.05) is 0 Å². The highest BCUT2D eigenvalue weighted by Crippen LogP contribution is 2.19. The molecule has 3 heteroatoms. The second kappa shape index (κ2) is 3.43. The first kappa shape index (κ1) is 9.22.